The predicted molar refractivity (Wildman–Crippen MR) is 91.5 cm³/mol. The van der Waals surface area contributed by atoms with Gasteiger partial charge >= 0.3 is 0 Å². The number of aryl methyl sites for hydroxylation is 1. The average molecular weight is 331 g/mol. The normalized spacial score (nSPS) is 15.6. The lowest BCUT2D eigenvalue weighted by Crippen LogP contribution is -2.39. The van der Waals surface area contributed by atoms with Crippen molar-refractivity contribution in [3.8, 4) is 0 Å². The molecule has 1 unspecified atom stereocenters. The predicted octanol–water partition coefficient (Wildman–Crippen LogP) is 2.66. The Kier molecular flexibility index (Phi) is 6.47. The molecule has 4 nitrogen and oxygen atoms in total. The lowest BCUT2D eigenvalue weighted by molar-refractivity contribution is 0.213. The van der Waals surface area contributed by atoms with Gasteiger partial charge in [-0.05, 0) is 44.4 Å². The zero-order chi connectivity index (χ0) is 13.4. The molecule has 1 atom stereocenters. The molecular weight excluding hydrogens is 307 g/mol. The number of nitrogens with zero attached hydrogens (tertiary/aromatic N) is 3. The minimum absolute atomic E-state index is 0. The molecule has 2 heterocycles. The highest BCUT2D eigenvalue weighted by molar-refractivity contribution is 5.85. The van der Waals surface area contributed by atoms with Crippen molar-refractivity contribution < 1.29 is 0 Å². The number of fused-ring (bicyclic) bond motifs is 1. The van der Waals surface area contributed by atoms with Gasteiger partial charge in [-0.1, -0.05) is 6.07 Å². The molecule has 2 aromatic heterocycles. The first-order valence-electron chi connectivity index (χ1n) is 7.02. The van der Waals surface area contributed by atoms with Crippen LogP contribution in [0.4, 0.5) is 0 Å². The van der Waals surface area contributed by atoms with E-state index in [2.05, 4.69) is 52.8 Å². The van der Waals surface area contributed by atoms with Crippen molar-refractivity contribution in [2.75, 3.05) is 13.6 Å². The molecule has 0 radical (unpaired) electrons. The molecule has 6 heteroatoms. The van der Waals surface area contributed by atoms with Crippen LogP contribution in [-0.4, -0.2) is 33.9 Å². The van der Waals surface area contributed by atoms with E-state index in [4.69, 9.17) is 5.73 Å². The molecule has 21 heavy (non-hydrogen) atoms. The highest BCUT2D eigenvalue weighted by atomic mass is 35.5. The third-order valence-electron chi connectivity index (χ3n) is 4.03. The second kappa shape index (κ2) is 7.45. The first-order chi connectivity index (χ1) is 9.17. The van der Waals surface area contributed by atoms with Crippen LogP contribution in [0.25, 0.3) is 5.65 Å². The lowest BCUT2D eigenvalue weighted by Gasteiger charge is -2.25. The van der Waals surface area contributed by atoms with Crippen molar-refractivity contribution in [3.05, 3.63) is 35.8 Å². The molecule has 0 bridgehead atoms. The number of halogens is 2. The molecule has 0 amide bonds. The molecule has 1 saturated carbocycles. The number of imidazole rings is 1. The number of pyridine rings is 1. The fourth-order valence-electron chi connectivity index (χ4n) is 2.82. The van der Waals surface area contributed by atoms with Crippen LogP contribution in [0.1, 0.15) is 24.1 Å². The fraction of sp³-hybridized carbons (Fsp3) is 0.533. The zero-order valence-electron chi connectivity index (χ0n) is 12.5. The van der Waals surface area contributed by atoms with Crippen molar-refractivity contribution in [2.45, 2.75) is 32.4 Å². The van der Waals surface area contributed by atoms with E-state index >= 15 is 0 Å². The molecule has 0 aromatic carbocycles. The smallest absolute Gasteiger partial charge is 0.137 e. The molecule has 0 aliphatic heterocycles. The van der Waals surface area contributed by atoms with Crippen LogP contribution >= 0.6 is 24.8 Å². The Labute approximate surface area is 138 Å². The Hall–Kier alpha value is -0.810. The molecule has 0 spiro atoms. The Morgan fingerprint density at radius 3 is 2.67 bits per heavy atom. The van der Waals surface area contributed by atoms with Gasteiger partial charge in [-0.15, -0.1) is 24.8 Å². The van der Waals surface area contributed by atoms with Crippen molar-refractivity contribution in [2.24, 2.45) is 11.7 Å². The van der Waals surface area contributed by atoms with Crippen LogP contribution in [-0.2, 0) is 6.54 Å². The number of likely N-dealkylation sites (N-methyl/N-ethyl adjacent to an activating group) is 1. The molecule has 118 valence electrons. The summed E-state index contributed by atoms with van der Waals surface area (Å²) in [7, 11) is 2.16. The number of aromatic nitrogens is 2. The molecule has 1 fully saturated rings. The molecule has 2 N–H and O–H groups in total. The van der Waals surface area contributed by atoms with Gasteiger partial charge in [-0.3, -0.25) is 4.90 Å². The first kappa shape index (κ1) is 18.2. The van der Waals surface area contributed by atoms with Gasteiger partial charge in [-0.2, -0.15) is 0 Å². The third-order valence-corrected chi connectivity index (χ3v) is 4.03. The van der Waals surface area contributed by atoms with E-state index < -0.39 is 0 Å². The van der Waals surface area contributed by atoms with Crippen LogP contribution < -0.4 is 5.73 Å². The van der Waals surface area contributed by atoms with E-state index in [0.29, 0.717) is 6.04 Å². The number of hydrogen-bond acceptors (Lipinski definition) is 3. The standard InChI is InChI=1S/C15H22N4.2ClH/c1-11-3-6-15-17-13(10-19(15)8-11)9-18(2)14(7-16)12-4-5-12;;/h3,6,8,10,12,14H,4-5,7,9,16H2,1-2H3;2*1H. The molecule has 0 saturated heterocycles. The van der Waals surface area contributed by atoms with Crippen molar-refractivity contribution in [1.29, 1.82) is 0 Å². The summed E-state index contributed by atoms with van der Waals surface area (Å²) in [6.07, 6.45) is 6.90. The van der Waals surface area contributed by atoms with E-state index in [9.17, 15) is 0 Å². The van der Waals surface area contributed by atoms with E-state index in [-0.39, 0.29) is 24.8 Å². The molecule has 1 aliphatic rings. The van der Waals surface area contributed by atoms with E-state index in [1.54, 1.807) is 0 Å². The molecule has 1 aliphatic carbocycles. The van der Waals surface area contributed by atoms with Gasteiger partial charge in [0.15, 0.2) is 0 Å². The average Bonchev–Trinajstić information content (AvgIpc) is 3.11. The Bertz CT molecular complexity index is 580. The van der Waals surface area contributed by atoms with Crippen LogP contribution in [0.2, 0.25) is 0 Å². The summed E-state index contributed by atoms with van der Waals surface area (Å²) in [6, 6.07) is 4.68. The second-order valence-corrected chi connectivity index (χ2v) is 5.76. The summed E-state index contributed by atoms with van der Waals surface area (Å²) in [5, 5.41) is 0. The van der Waals surface area contributed by atoms with Crippen molar-refractivity contribution in [1.82, 2.24) is 14.3 Å². The number of rotatable bonds is 5. The quantitative estimate of drug-likeness (QED) is 0.916. The highest BCUT2D eigenvalue weighted by Crippen LogP contribution is 2.34. The summed E-state index contributed by atoms with van der Waals surface area (Å²) in [5.74, 6) is 0.800. The monoisotopic (exact) mass is 330 g/mol. The maximum atomic E-state index is 5.90. The molecular formula is C15H24Cl2N4. The Morgan fingerprint density at radius 2 is 2.05 bits per heavy atom. The van der Waals surface area contributed by atoms with E-state index in [0.717, 1.165) is 30.3 Å². The minimum Gasteiger partial charge on any atom is -0.329 e. The van der Waals surface area contributed by atoms with Crippen molar-refractivity contribution >= 4 is 30.5 Å². The van der Waals surface area contributed by atoms with Gasteiger partial charge < -0.3 is 10.1 Å². The minimum atomic E-state index is 0. The summed E-state index contributed by atoms with van der Waals surface area (Å²) in [5.41, 5.74) is 9.28. The van der Waals surface area contributed by atoms with Crippen molar-refractivity contribution in [3.63, 3.8) is 0 Å². The van der Waals surface area contributed by atoms with E-state index in [1.165, 1.54) is 18.4 Å². The summed E-state index contributed by atoms with van der Waals surface area (Å²) in [6.45, 7) is 3.72. The molecule has 3 rings (SSSR count). The molecule has 2 aromatic rings. The Balaban J connectivity index is 0.00000110. The van der Waals surface area contributed by atoms with Gasteiger partial charge in [0, 0.05) is 31.5 Å². The lowest BCUT2D eigenvalue weighted by atomic mass is 10.1. The maximum Gasteiger partial charge on any atom is 0.137 e. The third kappa shape index (κ3) is 4.10. The summed E-state index contributed by atoms with van der Waals surface area (Å²) in [4.78, 5) is 7.02. The van der Waals surface area contributed by atoms with Crippen LogP contribution in [0.3, 0.4) is 0 Å². The van der Waals surface area contributed by atoms with Gasteiger partial charge in [-0.25, -0.2) is 4.98 Å². The van der Waals surface area contributed by atoms with Crippen LogP contribution in [0, 0.1) is 12.8 Å². The van der Waals surface area contributed by atoms with Gasteiger partial charge in [0.2, 0.25) is 0 Å². The second-order valence-electron chi connectivity index (χ2n) is 5.76. The van der Waals surface area contributed by atoms with Crippen LogP contribution in [0.5, 0.6) is 0 Å². The fourth-order valence-corrected chi connectivity index (χ4v) is 2.82. The Morgan fingerprint density at radius 1 is 1.33 bits per heavy atom. The number of nitrogens with two attached hydrogens (primary N) is 1. The summed E-state index contributed by atoms with van der Waals surface area (Å²) >= 11 is 0. The van der Waals surface area contributed by atoms with Gasteiger partial charge in [0.1, 0.15) is 5.65 Å². The van der Waals surface area contributed by atoms with Crippen LogP contribution in [0.15, 0.2) is 24.5 Å². The highest BCUT2D eigenvalue weighted by Gasteiger charge is 2.32. The number of hydrogen-bond donors (Lipinski definition) is 1. The zero-order valence-corrected chi connectivity index (χ0v) is 14.2. The van der Waals surface area contributed by atoms with E-state index in [1.807, 2.05) is 0 Å². The van der Waals surface area contributed by atoms with Gasteiger partial charge in [0.05, 0.1) is 5.69 Å². The first-order valence-corrected chi connectivity index (χ1v) is 7.02. The summed E-state index contributed by atoms with van der Waals surface area (Å²) < 4.78 is 2.10. The van der Waals surface area contributed by atoms with Gasteiger partial charge in [0.25, 0.3) is 0 Å². The maximum absolute atomic E-state index is 5.90. The SMILES string of the molecule is Cc1ccc2nc(CN(C)C(CN)C3CC3)cn2c1.Cl.Cl. The largest absolute Gasteiger partial charge is 0.329 e. The topological polar surface area (TPSA) is 46.6 Å².